The largest absolute Gasteiger partial charge is 0.508 e. The van der Waals surface area contributed by atoms with E-state index in [0.717, 1.165) is 18.0 Å². The van der Waals surface area contributed by atoms with Gasteiger partial charge in [-0.25, -0.2) is 0 Å². The molecule has 3 heteroatoms. The third-order valence-electron chi connectivity index (χ3n) is 4.86. The van der Waals surface area contributed by atoms with Gasteiger partial charge in [-0.05, 0) is 52.6 Å². The van der Waals surface area contributed by atoms with E-state index in [-0.39, 0.29) is 5.75 Å². The van der Waals surface area contributed by atoms with E-state index in [9.17, 15) is 5.11 Å². The minimum absolute atomic E-state index is 0.278. The van der Waals surface area contributed by atoms with E-state index in [1.54, 1.807) is 12.1 Å². The number of phenolic OH excluding ortho intramolecular Hbond substituents is 1. The number of anilines is 1. The lowest BCUT2D eigenvalue weighted by Gasteiger charge is -2.31. The van der Waals surface area contributed by atoms with Crippen LogP contribution in [0, 0.1) is 0 Å². The van der Waals surface area contributed by atoms with E-state index in [4.69, 9.17) is 4.74 Å². The summed E-state index contributed by atoms with van der Waals surface area (Å²) in [5, 5.41) is 14.3. The normalized spacial score (nSPS) is 13.7. The van der Waals surface area contributed by atoms with E-state index in [0.29, 0.717) is 6.73 Å². The molecular weight excluding hydrogens is 310 g/mol. The van der Waals surface area contributed by atoms with Crippen LogP contribution in [0.2, 0.25) is 0 Å². The zero-order valence-electron chi connectivity index (χ0n) is 13.6. The van der Waals surface area contributed by atoms with Gasteiger partial charge in [0, 0.05) is 23.2 Å². The highest BCUT2D eigenvalue weighted by atomic mass is 16.5. The molecule has 1 heterocycles. The van der Waals surface area contributed by atoms with Crippen molar-refractivity contribution in [3.63, 3.8) is 0 Å². The van der Waals surface area contributed by atoms with Gasteiger partial charge >= 0.3 is 0 Å². The van der Waals surface area contributed by atoms with Crippen LogP contribution >= 0.6 is 0 Å². The van der Waals surface area contributed by atoms with Crippen LogP contribution in [0.25, 0.3) is 21.5 Å². The van der Waals surface area contributed by atoms with Gasteiger partial charge in [-0.15, -0.1) is 0 Å². The predicted molar refractivity (Wildman–Crippen MR) is 101 cm³/mol. The summed E-state index contributed by atoms with van der Waals surface area (Å²) in [6, 6.07) is 24.4. The number of phenols is 1. The second-order valence-corrected chi connectivity index (χ2v) is 6.46. The molecule has 0 spiro atoms. The molecule has 0 atom stereocenters. The van der Waals surface area contributed by atoms with Crippen LogP contribution in [-0.2, 0) is 6.54 Å². The van der Waals surface area contributed by atoms with E-state index in [1.165, 1.54) is 27.1 Å². The van der Waals surface area contributed by atoms with Gasteiger partial charge in [0.15, 0.2) is 6.73 Å². The molecule has 0 unspecified atom stereocenters. The maximum Gasteiger partial charge on any atom is 0.161 e. The van der Waals surface area contributed by atoms with Crippen LogP contribution in [0.4, 0.5) is 5.69 Å². The Bertz CT molecular complexity index is 1090. The number of benzene rings is 4. The minimum Gasteiger partial charge on any atom is -0.508 e. The summed E-state index contributed by atoms with van der Waals surface area (Å²) >= 11 is 0. The van der Waals surface area contributed by atoms with Crippen molar-refractivity contribution in [3.05, 3.63) is 78.4 Å². The van der Waals surface area contributed by atoms with Crippen molar-refractivity contribution in [3.8, 4) is 11.5 Å². The summed E-state index contributed by atoms with van der Waals surface area (Å²) in [7, 11) is 0. The van der Waals surface area contributed by atoms with Gasteiger partial charge < -0.3 is 14.7 Å². The number of fused-ring (bicyclic) bond motifs is 4. The van der Waals surface area contributed by atoms with Crippen LogP contribution < -0.4 is 9.64 Å². The van der Waals surface area contributed by atoms with Crippen molar-refractivity contribution in [2.75, 3.05) is 11.6 Å². The molecule has 4 aromatic carbocycles. The smallest absolute Gasteiger partial charge is 0.161 e. The lowest BCUT2D eigenvalue weighted by Crippen LogP contribution is -2.31. The second kappa shape index (κ2) is 5.42. The Labute approximate surface area is 145 Å². The Morgan fingerprint density at radius 3 is 2.36 bits per heavy atom. The van der Waals surface area contributed by atoms with Crippen molar-refractivity contribution in [1.82, 2.24) is 0 Å². The van der Waals surface area contributed by atoms with E-state index in [1.807, 2.05) is 12.1 Å². The highest BCUT2D eigenvalue weighted by Gasteiger charge is 2.20. The molecule has 0 bridgehead atoms. The fraction of sp³-hybridized carbons (Fsp3) is 0.0909. The van der Waals surface area contributed by atoms with Crippen molar-refractivity contribution < 1.29 is 9.84 Å². The zero-order valence-corrected chi connectivity index (χ0v) is 13.6. The number of aromatic hydroxyl groups is 1. The van der Waals surface area contributed by atoms with E-state index in [2.05, 4.69) is 53.4 Å². The van der Waals surface area contributed by atoms with E-state index >= 15 is 0 Å². The van der Waals surface area contributed by atoms with Crippen molar-refractivity contribution >= 4 is 27.2 Å². The number of ether oxygens (including phenoxy) is 1. The van der Waals surface area contributed by atoms with Crippen LogP contribution in [-0.4, -0.2) is 11.8 Å². The Morgan fingerprint density at radius 2 is 1.56 bits per heavy atom. The second-order valence-electron chi connectivity index (χ2n) is 6.46. The average Bonchev–Trinajstić information content (AvgIpc) is 2.66. The molecule has 0 radical (unpaired) electrons. The Balaban J connectivity index is 1.59. The first-order valence-corrected chi connectivity index (χ1v) is 8.39. The first-order valence-electron chi connectivity index (χ1n) is 8.39. The molecule has 5 rings (SSSR count). The van der Waals surface area contributed by atoms with Gasteiger partial charge in [-0.1, -0.05) is 36.4 Å². The summed E-state index contributed by atoms with van der Waals surface area (Å²) in [4.78, 5) is 2.16. The lowest BCUT2D eigenvalue weighted by molar-refractivity contribution is 0.293. The van der Waals surface area contributed by atoms with Gasteiger partial charge in [0.25, 0.3) is 0 Å². The molecule has 1 aliphatic heterocycles. The van der Waals surface area contributed by atoms with Gasteiger partial charge in [-0.2, -0.15) is 0 Å². The van der Waals surface area contributed by atoms with Crippen LogP contribution in [0.5, 0.6) is 11.5 Å². The highest BCUT2D eigenvalue weighted by molar-refractivity contribution is 6.01. The fourth-order valence-electron chi connectivity index (χ4n) is 3.55. The maximum absolute atomic E-state index is 9.47. The number of rotatable bonds is 1. The molecule has 0 saturated carbocycles. The molecule has 0 fully saturated rings. The molecule has 25 heavy (non-hydrogen) atoms. The minimum atomic E-state index is 0.278. The summed E-state index contributed by atoms with van der Waals surface area (Å²) in [5.74, 6) is 1.26. The molecule has 3 nitrogen and oxygen atoms in total. The summed E-state index contributed by atoms with van der Waals surface area (Å²) in [6.07, 6.45) is 0. The fourth-order valence-corrected chi connectivity index (χ4v) is 3.55. The third-order valence-corrected chi connectivity index (χ3v) is 4.86. The number of nitrogens with zero attached hydrogens (tertiary/aromatic N) is 1. The summed E-state index contributed by atoms with van der Waals surface area (Å²) < 4.78 is 6.15. The Morgan fingerprint density at radius 1 is 0.800 bits per heavy atom. The quantitative estimate of drug-likeness (QED) is 0.496. The van der Waals surface area contributed by atoms with Crippen molar-refractivity contribution in [2.24, 2.45) is 0 Å². The average molecular weight is 327 g/mol. The standard InChI is InChI=1S/C22H17NO2/c24-20-9-7-19(8-10-20)23-13-18-6-5-17-11-15-3-1-2-4-16(15)12-21(17)22(18)25-14-23/h1-12,24H,13-14H2. The Hall–Kier alpha value is -3.20. The third kappa shape index (κ3) is 2.36. The van der Waals surface area contributed by atoms with Gasteiger partial charge in [0.1, 0.15) is 11.5 Å². The zero-order chi connectivity index (χ0) is 16.8. The molecule has 0 aliphatic carbocycles. The SMILES string of the molecule is Oc1ccc(N2COc3c(ccc4cc5ccccc5cc34)C2)cc1. The monoisotopic (exact) mass is 327 g/mol. The van der Waals surface area contributed by atoms with Crippen LogP contribution in [0.15, 0.2) is 72.8 Å². The molecule has 0 amide bonds. The van der Waals surface area contributed by atoms with Crippen LogP contribution in [0.3, 0.4) is 0 Å². The summed E-state index contributed by atoms with van der Waals surface area (Å²) in [5.41, 5.74) is 2.23. The highest BCUT2D eigenvalue weighted by Crippen LogP contribution is 2.37. The van der Waals surface area contributed by atoms with Crippen molar-refractivity contribution in [1.29, 1.82) is 0 Å². The molecule has 1 N–H and O–H groups in total. The molecule has 0 saturated heterocycles. The summed E-state index contributed by atoms with van der Waals surface area (Å²) in [6.45, 7) is 1.30. The molecule has 122 valence electrons. The Kier molecular flexibility index (Phi) is 3.07. The predicted octanol–water partition coefficient (Wildman–Crippen LogP) is 5.06. The molecular formula is C22H17NO2. The molecule has 4 aromatic rings. The van der Waals surface area contributed by atoms with Crippen LogP contribution in [0.1, 0.15) is 5.56 Å². The van der Waals surface area contributed by atoms with Gasteiger partial charge in [0.2, 0.25) is 0 Å². The number of hydrogen-bond acceptors (Lipinski definition) is 3. The maximum atomic E-state index is 9.47. The van der Waals surface area contributed by atoms with E-state index < -0.39 is 0 Å². The molecule has 1 aliphatic rings. The lowest BCUT2D eigenvalue weighted by atomic mass is 9.99. The first-order chi connectivity index (χ1) is 12.3. The molecule has 0 aromatic heterocycles. The number of hydrogen-bond donors (Lipinski definition) is 1. The first kappa shape index (κ1) is 14.2. The van der Waals surface area contributed by atoms with Crippen molar-refractivity contribution in [2.45, 2.75) is 6.54 Å². The van der Waals surface area contributed by atoms with Gasteiger partial charge in [0.05, 0.1) is 0 Å². The topological polar surface area (TPSA) is 32.7 Å². The van der Waals surface area contributed by atoms with Gasteiger partial charge in [-0.3, -0.25) is 0 Å².